The van der Waals surface area contributed by atoms with Crippen molar-refractivity contribution in [1.29, 1.82) is 0 Å². The maximum Gasteiger partial charge on any atom is 0.317 e. The Hall–Kier alpha value is -2.64. The van der Waals surface area contributed by atoms with Crippen LogP contribution in [0.15, 0.2) is 22.9 Å². The van der Waals surface area contributed by atoms with Crippen LogP contribution in [0.2, 0.25) is 0 Å². The van der Waals surface area contributed by atoms with E-state index in [4.69, 9.17) is 4.52 Å². The zero-order chi connectivity index (χ0) is 16.5. The van der Waals surface area contributed by atoms with Crippen LogP contribution in [0.5, 0.6) is 0 Å². The molecular formula is C16H20N6O2. The van der Waals surface area contributed by atoms with Crippen LogP contribution >= 0.6 is 0 Å². The number of nitrogens with one attached hydrogen (secondary N) is 1. The van der Waals surface area contributed by atoms with Gasteiger partial charge in [-0.25, -0.2) is 9.78 Å². The van der Waals surface area contributed by atoms with E-state index in [1.54, 1.807) is 18.1 Å². The predicted molar refractivity (Wildman–Crippen MR) is 87.5 cm³/mol. The van der Waals surface area contributed by atoms with Crippen molar-refractivity contribution in [2.24, 2.45) is 0 Å². The van der Waals surface area contributed by atoms with Crippen molar-refractivity contribution < 1.29 is 9.32 Å². The second kappa shape index (κ2) is 6.10. The van der Waals surface area contributed by atoms with E-state index in [1.165, 1.54) is 19.3 Å². The Bertz CT molecular complexity index is 722. The summed E-state index contributed by atoms with van der Waals surface area (Å²) in [6.07, 6.45) is 5.52. The SMILES string of the molecule is CN1CC(c2nc(-c3ccc(N4CCCCC4)nc3)no2)NC1=O. The van der Waals surface area contributed by atoms with Gasteiger partial charge >= 0.3 is 6.03 Å². The number of carbonyl (C=O) groups is 1. The first-order valence-corrected chi connectivity index (χ1v) is 8.27. The van der Waals surface area contributed by atoms with Crippen LogP contribution in [0.3, 0.4) is 0 Å². The molecule has 1 N–H and O–H groups in total. The lowest BCUT2D eigenvalue weighted by atomic mass is 10.1. The molecular weight excluding hydrogens is 308 g/mol. The number of carbonyl (C=O) groups excluding carboxylic acids is 1. The van der Waals surface area contributed by atoms with Crippen LogP contribution in [0.4, 0.5) is 10.6 Å². The first kappa shape index (κ1) is 14.9. The molecule has 2 saturated heterocycles. The number of urea groups is 1. The summed E-state index contributed by atoms with van der Waals surface area (Å²) in [6, 6.07) is 3.57. The molecule has 8 heteroatoms. The lowest BCUT2D eigenvalue weighted by Gasteiger charge is -2.27. The number of pyridine rings is 1. The first-order chi connectivity index (χ1) is 11.7. The minimum Gasteiger partial charge on any atom is -0.357 e. The summed E-state index contributed by atoms with van der Waals surface area (Å²) >= 11 is 0. The van der Waals surface area contributed by atoms with E-state index in [0.29, 0.717) is 18.3 Å². The number of piperidine rings is 1. The van der Waals surface area contributed by atoms with Crippen LogP contribution in [-0.4, -0.2) is 52.7 Å². The van der Waals surface area contributed by atoms with Crippen molar-refractivity contribution in [2.45, 2.75) is 25.3 Å². The molecule has 4 heterocycles. The molecule has 0 spiro atoms. The number of rotatable bonds is 3. The Morgan fingerprint density at radius 1 is 1.25 bits per heavy atom. The molecule has 0 aliphatic carbocycles. The summed E-state index contributed by atoms with van der Waals surface area (Å²) in [4.78, 5) is 24.4. The third kappa shape index (κ3) is 2.79. The molecule has 0 aromatic carbocycles. The van der Waals surface area contributed by atoms with E-state index < -0.39 is 0 Å². The summed E-state index contributed by atoms with van der Waals surface area (Å²) in [5, 5.41) is 6.82. The fourth-order valence-electron chi connectivity index (χ4n) is 3.12. The molecule has 0 saturated carbocycles. The molecule has 0 radical (unpaired) electrons. The van der Waals surface area contributed by atoms with Gasteiger partial charge in [-0.1, -0.05) is 5.16 Å². The normalized spacial score (nSPS) is 21.2. The Kier molecular flexibility index (Phi) is 3.79. The Morgan fingerprint density at radius 2 is 2.08 bits per heavy atom. The maximum atomic E-state index is 11.5. The average molecular weight is 328 g/mol. The summed E-state index contributed by atoms with van der Waals surface area (Å²) in [5.41, 5.74) is 0.809. The average Bonchev–Trinajstić information content (AvgIpc) is 3.23. The predicted octanol–water partition coefficient (Wildman–Crippen LogP) is 1.82. The summed E-state index contributed by atoms with van der Waals surface area (Å²) < 4.78 is 5.31. The lowest BCUT2D eigenvalue weighted by Crippen LogP contribution is -2.29. The highest BCUT2D eigenvalue weighted by Crippen LogP contribution is 2.23. The number of likely N-dealkylation sites (N-methyl/N-ethyl adjacent to an activating group) is 1. The van der Waals surface area contributed by atoms with E-state index in [1.807, 2.05) is 12.1 Å². The number of amides is 2. The monoisotopic (exact) mass is 328 g/mol. The molecule has 126 valence electrons. The number of aromatic nitrogens is 3. The van der Waals surface area contributed by atoms with Gasteiger partial charge in [0.1, 0.15) is 11.9 Å². The van der Waals surface area contributed by atoms with E-state index in [9.17, 15) is 4.79 Å². The van der Waals surface area contributed by atoms with Gasteiger partial charge < -0.3 is 19.6 Å². The standard InChI is InChI=1S/C16H20N6O2/c1-21-10-12(18-16(21)23)15-19-14(20-24-15)11-5-6-13(17-9-11)22-7-3-2-4-8-22/h5-6,9,12H,2-4,7-8,10H2,1H3,(H,18,23). The van der Waals surface area contributed by atoms with Crippen LogP contribution < -0.4 is 10.2 Å². The quantitative estimate of drug-likeness (QED) is 0.925. The summed E-state index contributed by atoms with van der Waals surface area (Å²) in [7, 11) is 1.73. The highest BCUT2D eigenvalue weighted by molar-refractivity contribution is 5.76. The van der Waals surface area contributed by atoms with Gasteiger partial charge in [-0.3, -0.25) is 0 Å². The van der Waals surface area contributed by atoms with Gasteiger partial charge in [0.25, 0.3) is 5.89 Å². The van der Waals surface area contributed by atoms with Crippen molar-refractivity contribution in [3.05, 3.63) is 24.2 Å². The maximum absolute atomic E-state index is 11.5. The van der Waals surface area contributed by atoms with Gasteiger partial charge in [0.2, 0.25) is 5.82 Å². The van der Waals surface area contributed by atoms with Crippen molar-refractivity contribution in [1.82, 2.24) is 25.3 Å². The second-order valence-electron chi connectivity index (χ2n) is 6.29. The molecule has 2 aromatic heterocycles. The Labute approximate surface area is 139 Å². The largest absolute Gasteiger partial charge is 0.357 e. The topological polar surface area (TPSA) is 87.4 Å². The smallest absolute Gasteiger partial charge is 0.317 e. The molecule has 8 nitrogen and oxygen atoms in total. The van der Waals surface area contributed by atoms with Crippen molar-refractivity contribution in [2.75, 3.05) is 31.6 Å². The van der Waals surface area contributed by atoms with Gasteiger partial charge in [0.05, 0.1) is 6.54 Å². The van der Waals surface area contributed by atoms with E-state index >= 15 is 0 Å². The van der Waals surface area contributed by atoms with E-state index in [-0.39, 0.29) is 12.1 Å². The number of nitrogens with zero attached hydrogens (tertiary/aromatic N) is 5. The highest BCUT2D eigenvalue weighted by Gasteiger charge is 2.31. The van der Waals surface area contributed by atoms with Crippen LogP contribution in [0, 0.1) is 0 Å². The van der Waals surface area contributed by atoms with Crippen molar-refractivity contribution >= 4 is 11.8 Å². The number of anilines is 1. The van der Waals surface area contributed by atoms with Crippen molar-refractivity contribution in [3.63, 3.8) is 0 Å². The fourth-order valence-corrected chi connectivity index (χ4v) is 3.12. The summed E-state index contributed by atoms with van der Waals surface area (Å²) in [5.74, 6) is 1.90. The minimum atomic E-state index is -0.260. The van der Waals surface area contributed by atoms with Gasteiger partial charge in [-0.2, -0.15) is 4.98 Å². The third-order valence-electron chi connectivity index (χ3n) is 4.53. The molecule has 4 rings (SSSR count). The lowest BCUT2D eigenvalue weighted by molar-refractivity contribution is 0.226. The van der Waals surface area contributed by atoms with Gasteiger partial charge in [0.15, 0.2) is 0 Å². The highest BCUT2D eigenvalue weighted by atomic mass is 16.5. The minimum absolute atomic E-state index is 0.132. The van der Waals surface area contributed by atoms with Crippen LogP contribution in [0.25, 0.3) is 11.4 Å². The second-order valence-corrected chi connectivity index (χ2v) is 6.29. The molecule has 2 amide bonds. The molecule has 24 heavy (non-hydrogen) atoms. The van der Waals surface area contributed by atoms with Crippen molar-refractivity contribution in [3.8, 4) is 11.4 Å². The molecule has 2 aromatic rings. The Morgan fingerprint density at radius 3 is 2.75 bits per heavy atom. The number of hydrogen-bond acceptors (Lipinski definition) is 6. The zero-order valence-corrected chi connectivity index (χ0v) is 13.6. The molecule has 1 unspecified atom stereocenters. The molecule has 2 fully saturated rings. The number of hydrogen-bond donors (Lipinski definition) is 1. The first-order valence-electron chi connectivity index (χ1n) is 8.27. The molecule has 2 aliphatic rings. The third-order valence-corrected chi connectivity index (χ3v) is 4.53. The van der Waals surface area contributed by atoms with Crippen LogP contribution in [0.1, 0.15) is 31.2 Å². The van der Waals surface area contributed by atoms with Gasteiger partial charge in [-0.15, -0.1) is 0 Å². The van der Waals surface area contributed by atoms with E-state index in [0.717, 1.165) is 24.5 Å². The van der Waals surface area contributed by atoms with E-state index in [2.05, 4.69) is 25.3 Å². The fraction of sp³-hybridized carbons (Fsp3) is 0.500. The molecule has 0 bridgehead atoms. The Balaban J connectivity index is 1.49. The van der Waals surface area contributed by atoms with Gasteiger partial charge in [0, 0.05) is 31.9 Å². The summed E-state index contributed by atoms with van der Waals surface area (Å²) in [6.45, 7) is 2.65. The molecule has 1 atom stereocenters. The zero-order valence-electron chi connectivity index (χ0n) is 13.6. The molecule has 2 aliphatic heterocycles. The van der Waals surface area contributed by atoms with Crippen LogP contribution in [-0.2, 0) is 0 Å². The van der Waals surface area contributed by atoms with Gasteiger partial charge in [-0.05, 0) is 31.4 Å².